The molecule has 6 nitrogen and oxygen atoms in total. The van der Waals surface area contributed by atoms with Crippen LogP contribution in [0, 0.1) is 11.7 Å². The smallest absolute Gasteiger partial charge is 0.410 e. The zero-order valence-electron chi connectivity index (χ0n) is 15.7. The van der Waals surface area contributed by atoms with Crippen LogP contribution in [-0.2, 0) is 4.74 Å². The van der Waals surface area contributed by atoms with Gasteiger partial charge in [0.2, 0.25) is 0 Å². The summed E-state index contributed by atoms with van der Waals surface area (Å²) in [5.74, 6) is 0.761. The maximum absolute atomic E-state index is 13.6. The Morgan fingerprint density at radius 1 is 1.38 bits per heavy atom. The molecule has 2 aromatic rings. The number of nitrogens with zero attached hydrogens (tertiary/aromatic N) is 4. The molecular weight excluding hydrogens is 335 g/mol. The second kappa shape index (κ2) is 7.05. The van der Waals surface area contributed by atoms with Crippen molar-refractivity contribution in [3.05, 3.63) is 30.3 Å². The molecule has 26 heavy (non-hydrogen) atoms. The molecule has 3 rings (SSSR count). The molecule has 0 aliphatic carbocycles. The lowest BCUT2D eigenvalue weighted by Gasteiger charge is -2.26. The van der Waals surface area contributed by atoms with Gasteiger partial charge >= 0.3 is 6.09 Å². The van der Waals surface area contributed by atoms with Gasteiger partial charge in [-0.05, 0) is 51.3 Å². The van der Waals surface area contributed by atoms with Crippen molar-refractivity contribution in [1.82, 2.24) is 14.9 Å². The first kappa shape index (κ1) is 18.4. The van der Waals surface area contributed by atoms with Crippen LogP contribution in [0.5, 0.6) is 0 Å². The minimum absolute atomic E-state index is 0.297. The molecule has 0 spiro atoms. The molecule has 1 fully saturated rings. The number of hydrogen-bond donors (Lipinski definition) is 0. The summed E-state index contributed by atoms with van der Waals surface area (Å²) in [6.07, 6.45) is 2.13. The molecular formula is C19H25FN4O2. The van der Waals surface area contributed by atoms with Gasteiger partial charge < -0.3 is 14.5 Å². The van der Waals surface area contributed by atoms with Crippen LogP contribution >= 0.6 is 0 Å². The van der Waals surface area contributed by atoms with Gasteiger partial charge in [0.1, 0.15) is 23.6 Å². The predicted octanol–water partition coefficient (Wildman–Crippen LogP) is 3.46. The Bertz CT molecular complexity index is 806. The van der Waals surface area contributed by atoms with Crippen LogP contribution in [0.1, 0.15) is 27.2 Å². The Morgan fingerprint density at radius 2 is 2.15 bits per heavy atom. The van der Waals surface area contributed by atoms with Crippen LogP contribution < -0.4 is 4.90 Å². The lowest BCUT2D eigenvalue weighted by atomic mass is 10.1. The van der Waals surface area contributed by atoms with Crippen molar-refractivity contribution in [2.45, 2.75) is 32.8 Å². The molecule has 1 aliphatic heterocycles. The van der Waals surface area contributed by atoms with E-state index in [1.54, 1.807) is 18.0 Å². The van der Waals surface area contributed by atoms with Gasteiger partial charge in [0, 0.05) is 32.1 Å². The van der Waals surface area contributed by atoms with E-state index >= 15 is 0 Å². The van der Waals surface area contributed by atoms with E-state index in [1.807, 2.05) is 20.8 Å². The molecule has 1 aromatic heterocycles. The summed E-state index contributed by atoms with van der Waals surface area (Å²) in [6.45, 7) is 7.76. The molecule has 0 N–H and O–H groups in total. The van der Waals surface area contributed by atoms with Crippen LogP contribution in [0.3, 0.4) is 0 Å². The monoisotopic (exact) mass is 360 g/mol. The molecule has 1 aromatic carbocycles. The number of ether oxygens (including phenoxy) is 1. The SMILES string of the molecule is CN(CC1CCN(c2ncnc3ccc(F)cc23)C1)C(=O)OC(C)(C)C. The lowest BCUT2D eigenvalue weighted by molar-refractivity contribution is 0.0277. The third-order valence-corrected chi connectivity index (χ3v) is 4.40. The van der Waals surface area contributed by atoms with E-state index in [0.717, 1.165) is 30.8 Å². The fraction of sp³-hybridized carbons (Fsp3) is 0.526. The number of rotatable bonds is 3. The van der Waals surface area contributed by atoms with Crippen molar-refractivity contribution in [3.8, 4) is 0 Å². The highest BCUT2D eigenvalue weighted by Crippen LogP contribution is 2.29. The van der Waals surface area contributed by atoms with Crippen molar-refractivity contribution < 1.29 is 13.9 Å². The number of amides is 1. The van der Waals surface area contributed by atoms with Gasteiger partial charge in [-0.15, -0.1) is 0 Å². The number of carbonyl (C=O) groups excluding carboxylic acids is 1. The number of benzene rings is 1. The Kier molecular flexibility index (Phi) is 4.98. The van der Waals surface area contributed by atoms with Crippen molar-refractivity contribution in [1.29, 1.82) is 0 Å². The molecule has 1 unspecified atom stereocenters. The average molecular weight is 360 g/mol. The molecule has 140 valence electrons. The minimum atomic E-state index is -0.503. The topological polar surface area (TPSA) is 58.6 Å². The zero-order chi connectivity index (χ0) is 18.9. The zero-order valence-corrected chi connectivity index (χ0v) is 15.7. The predicted molar refractivity (Wildman–Crippen MR) is 98.7 cm³/mol. The summed E-state index contributed by atoms with van der Waals surface area (Å²) in [6, 6.07) is 4.55. The molecule has 2 heterocycles. The Balaban J connectivity index is 1.68. The average Bonchev–Trinajstić information content (AvgIpc) is 3.00. The number of aromatic nitrogens is 2. The maximum atomic E-state index is 13.6. The van der Waals surface area contributed by atoms with Crippen LogP contribution in [0.25, 0.3) is 10.9 Å². The van der Waals surface area contributed by atoms with Crippen LogP contribution in [0.2, 0.25) is 0 Å². The maximum Gasteiger partial charge on any atom is 0.410 e. The highest BCUT2D eigenvalue weighted by molar-refractivity contribution is 5.89. The van der Waals surface area contributed by atoms with E-state index in [-0.39, 0.29) is 11.9 Å². The quantitative estimate of drug-likeness (QED) is 0.839. The van der Waals surface area contributed by atoms with Crippen molar-refractivity contribution in [3.63, 3.8) is 0 Å². The molecule has 0 radical (unpaired) electrons. The summed E-state index contributed by atoms with van der Waals surface area (Å²) < 4.78 is 19.0. The van der Waals surface area contributed by atoms with Crippen LogP contribution in [0.4, 0.5) is 15.0 Å². The molecule has 1 aliphatic rings. The third-order valence-electron chi connectivity index (χ3n) is 4.40. The van der Waals surface area contributed by atoms with Crippen molar-refractivity contribution in [2.24, 2.45) is 5.92 Å². The number of anilines is 1. The van der Waals surface area contributed by atoms with Gasteiger partial charge in [-0.1, -0.05) is 0 Å². The molecule has 1 amide bonds. The third kappa shape index (κ3) is 4.20. The van der Waals surface area contributed by atoms with E-state index in [0.29, 0.717) is 17.8 Å². The summed E-state index contributed by atoms with van der Waals surface area (Å²) in [5, 5.41) is 0.716. The van der Waals surface area contributed by atoms with Gasteiger partial charge in [0.25, 0.3) is 0 Å². The Hall–Kier alpha value is -2.44. The summed E-state index contributed by atoms with van der Waals surface area (Å²) >= 11 is 0. The lowest BCUT2D eigenvalue weighted by Crippen LogP contribution is -2.37. The van der Waals surface area contributed by atoms with Crippen LogP contribution in [0.15, 0.2) is 24.5 Å². The first-order valence-corrected chi connectivity index (χ1v) is 8.82. The molecule has 0 bridgehead atoms. The standard InChI is InChI=1S/C19H25FN4O2/c1-19(2,3)26-18(25)23(4)10-13-7-8-24(11-13)17-15-9-14(20)5-6-16(15)21-12-22-17/h5-6,9,12-13H,7-8,10-11H2,1-4H3. The fourth-order valence-electron chi connectivity index (χ4n) is 3.24. The van der Waals surface area contributed by atoms with E-state index in [2.05, 4.69) is 14.9 Å². The van der Waals surface area contributed by atoms with Crippen molar-refractivity contribution >= 4 is 22.8 Å². The number of carbonyl (C=O) groups is 1. The molecule has 0 saturated carbocycles. The summed E-state index contributed by atoms with van der Waals surface area (Å²) in [5.41, 5.74) is 0.225. The Morgan fingerprint density at radius 3 is 2.88 bits per heavy atom. The Labute approximate surface area is 153 Å². The number of halogens is 1. The van der Waals surface area contributed by atoms with Gasteiger partial charge in [-0.25, -0.2) is 19.2 Å². The van der Waals surface area contributed by atoms with E-state index in [1.165, 1.54) is 18.5 Å². The largest absolute Gasteiger partial charge is 0.444 e. The normalized spacial score (nSPS) is 17.6. The highest BCUT2D eigenvalue weighted by Gasteiger charge is 2.28. The van der Waals surface area contributed by atoms with E-state index in [4.69, 9.17) is 4.74 Å². The van der Waals surface area contributed by atoms with Gasteiger partial charge in [-0.3, -0.25) is 0 Å². The molecule has 1 saturated heterocycles. The molecule has 1 atom stereocenters. The van der Waals surface area contributed by atoms with Gasteiger partial charge in [-0.2, -0.15) is 0 Å². The van der Waals surface area contributed by atoms with E-state index in [9.17, 15) is 9.18 Å². The fourth-order valence-corrected chi connectivity index (χ4v) is 3.24. The van der Waals surface area contributed by atoms with Gasteiger partial charge in [0.05, 0.1) is 5.52 Å². The minimum Gasteiger partial charge on any atom is -0.444 e. The first-order chi connectivity index (χ1) is 12.2. The summed E-state index contributed by atoms with van der Waals surface area (Å²) in [4.78, 5) is 24.5. The second-order valence-corrected chi connectivity index (χ2v) is 7.82. The number of fused-ring (bicyclic) bond motifs is 1. The van der Waals surface area contributed by atoms with Gasteiger partial charge in [0.15, 0.2) is 0 Å². The summed E-state index contributed by atoms with van der Waals surface area (Å²) in [7, 11) is 1.76. The molecule has 7 heteroatoms. The highest BCUT2D eigenvalue weighted by atomic mass is 19.1. The van der Waals surface area contributed by atoms with Crippen molar-refractivity contribution in [2.75, 3.05) is 31.6 Å². The van der Waals surface area contributed by atoms with E-state index < -0.39 is 5.60 Å². The van der Waals surface area contributed by atoms with Crippen LogP contribution in [-0.4, -0.2) is 53.2 Å². The first-order valence-electron chi connectivity index (χ1n) is 8.82. The second-order valence-electron chi connectivity index (χ2n) is 7.82. The number of hydrogen-bond acceptors (Lipinski definition) is 5.